The first-order valence-electron chi connectivity index (χ1n) is 8.99. The van der Waals surface area contributed by atoms with Crippen molar-refractivity contribution in [2.45, 2.75) is 13.0 Å². The van der Waals surface area contributed by atoms with Crippen molar-refractivity contribution < 1.29 is 29.0 Å². The molecule has 0 bridgehead atoms. The van der Waals surface area contributed by atoms with E-state index < -0.39 is 24.8 Å². The maximum Gasteiger partial charge on any atom is 0.414 e. The zero-order chi connectivity index (χ0) is 20.8. The van der Waals surface area contributed by atoms with Crippen LogP contribution in [0.3, 0.4) is 0 Å². The Balaban J connectivity index is 1.48. The molecule has 1 unspecified atom stereocenters. The van der Waals surface area contributed by atoms with Gasteiger partial charge in [0.1, 0.15) is 18.5 Å². The van der Waals surface area contributed by atoms with Gasteiger partial charge < -0.3 is 14.6 Å². The van der Waals surface area contributed by atoms with E-state index in [1.807, 2.05) is 43.3 Å². The Morgan fingerprint density at radius 3 is 2.76 bits per heavy atom. The van der Waals surface area contributed by atoms with E-state index in [2.05, 4.69) is 12.1 Å². The maximum absolute atomic E-state index is 12.0. The zero-order valence-corrected chi connectivity index (χ0v) is 16.0. The Labute approximate surface area is 168 Å². The van der Waals surface area contributed by atoms with Crippen LogP contribution in [0.25, 0.3) is 5.70 Å². The van der Waals surface area contributed by atoms with Crippen LogP contribution in [-0.4, -0.2) is 43.0 Å². The minimum Gasteiger partial charge on any atom is -0.482 e. The first-order chi connectivity index (χ1) is 13.9. The highest BCUT2D eigenvalue weighted by Crippen LogP contribution is 2.23. The average molecular weight is 398 g/mol. The van der Waals surface area contributed by atoms with Crippen LogP contribution in [0.15, 0.2) is 55.1 Å². The van der Waals surface area contributed by atoms with Crippen LogP contribution < -0.4 is 15.1 Å². The molecule has 8 nitrogen and oxygen atoms in total. The van der Waals surface area contributed by atoms with Crippen molar-refractivity contribution in [1.29, 1.82) is 0 Å². The number of carbonyl (C=O) groups is 2. The molecule has 1 fully saturated rings. The van der Waals surface area contributed by atoms with Crippen LogP contribution in [0.2, 0.25) is 0 Å². The predicted molar refractivity (Wildman–Crippen MR) is 106 cm³/mol. The predicted octanol–water partition coefficient (Wildman–Crippen LogP) is 2.98. The molecule has 3 rings (SSSR count). The van der Waals surface area contributed by atoms with Crippen molar-refractivity contribution in [3.63, 3.8) is 0 Å². The summed E-state index contributed by atoms with van der Waals surface area (Å²) in [6, 6.07) is 14.5. The number of carbonyl (C=O) groups excluding carboxylic acids is 1. The minimum atomic E-state index is -1.04. The van der Waals surface area contributed by atoms with E-state index in [1.165, 1.54) is 0 Å². The van der Waals surface area contributed by atoms with Crippen LogP contribution >= 0.6 is 0 Å². The molecule has 0 saturated carbocycles. The summed E-state index contributed by atoms with van der Waals surface area (Å²) in [6.07, 6.45) is -0.812. The number of hydrogen-bond donors (Lipinski definition) is 2. The number of nitrogens with one attached hydrogen (secondary N) is 1. The summed E-state index contributed by atoms with van der Waals surface area (Å²) in [4.78, 5) is 29.6. The summed E-state index contributed by atoms with van der Waals surface area (Å²) in [5, 5.41) is 8.69. The molecule has 0 aliphatic carbocycles. The third-order valence-corrected chi connectivity index (χ3v) is 4.28. The Bertz CT molecular complexity index is 899. The Hall–Kier alpha value is -3.52. The van der Waals surface area contributed by atoms with Gasteiger partial charge >= 0.3 is 12.1 Å². The number of para-hydroxylation sites is 1. The van der Waals surface area contributed by atoms with Gasteiger partial charge in [0.15, 0.2) is 6.61 Å². The molecular weight excluding hydrogens is 376 g/mol. The quantitative estimate of drug-likeness (QED) is 0.627. The van der Waals surface area contributed by atoms with Crippen molar-refractivity contribution in [1.82, 2.24) is 5.48 Å². The van der Waals surface area contributed by atoms with Crippen molar-refractivity contribution >= 4 is 23.4 Å². The highest BCUT2D eigenvalue weighted by atomic mass is 16.7. The number of cyclic esters (lactones) is 1. The second kappa shape index (κ2) is 9.11. The summed E-state index contributed by atoms with van der Waals surface area (Å²) in [5.41, 5.74) is 5.58. The van der Waals surface area contributed by atoms with Crippen molar-refractivity contribution in [2.75, 3.05) is 24.7 Å². The first-order valence-corrected chi connectivity index (χ1v) is 8.99. The molecule has 1 amide bonds. The van der Waals surface area contributed by atoms with Crippen LogP contribution in [0, 0.1) is 6.92 Å². The maximum atomic E-state index is 12.0. The minimum absolute atomic E-state index is 0.160. The molecule has 2 N–H and O–H groups in total. The molecule has 152 valence electrons. The van der Waals surface area contributed by atoms with Gasteiger partial charge in [0.2, 0.25) is 0 Å². The Morgan fingerprint density at radius 2 is 2.07 bits per heavy atom. The normalized spacial score (nSPS) is 15.7. The molecular formula is C21H22N2O6. The molecule has 0 radical (unpaired) electrons. The number of carboxylic acid groups (broad SMARTS) is 1. The van der Waals surface area contributed by atoms with E-state index in [0.717, 1.165) is 16.8 Å². The average Bonchev–Trinajstić information content (AvgIpc) is 3.08. The van der Waals surface area contributed by atoms with Crippen molar-refractivity contribution in [3.05, 3.63) is 66.2 Å². The van der Waals surface area contributed by atoms with Crippen molar-refractivity contribution in [3.8, 4) is 5.75 Å². The van der Waals surface area contributed by atoms with E-state index in [4.69, 9.17) is 19.4 Å². The van der Waals surface area contributed by atoms with Crippen LogP contribution in [0.5, 0.6) is 5.75 Å². The summed E-state index contributed by atoms with van der Waals surface area (Å²) < 4.78 is 10.5. The number of hydroxylamine groups is 1. The number of aryl methyl sites for hydroxylation is 1. The molecule has 2 aromatic carbocycles. The van der Waals surface area contributed by atoms with Crippen LogP contribution in [0.4, 0.5) is 10.5 Å². The molecule has 1 aliphatic rings. The monoisotopic (exact) mass is 398 g/mol. The second-order valence-corrected chi connectivity index (χ2v) is 6.51. The number of rotatable bonds is 9. The third-order valence-electron chi connectivity index (χ3n) is 4.28. The molecule has 0 spiro atoms. The van der Waals surface area contributed by atoms with E-state index in [9.17, 15) is 9.59 Å². The topological polar surface area (TPSA) is 97.3 Å². The number of ether oxygens (including phenoxy) is 2. The van der Waals surface area contributed by atoms with E-state index in [0.29, 0.717) is 18.0 Å². The summed E-state index contributed by atoms with van der Waals surface area (Å²) in [6.45, 7) is 5.89. The molecule has 8 heteroatoms. The lowest BCUT2D eigenvalue weighted by Gasteiger charge is -2.14. The van der Waals surface area contributed by atoms with E-state index in [1.54, 1.807) is 17.0 Å². The highest BCUT2D eigenvalue weighted by Gasteiger charge is 2.32. The summed E-state index contributed by atoms with van der Waals surface area (Å²) in [7, 11) is 0. The Morgan fingerprint density at radius 1 is 1.31 bits per heavy atom. The standard InChI is InChI=1S/C21H22N2O6/c1-14-10-16(8-9-19(14)27-13-20(24)25)15(2)22-28-12-18-11-23(21(26)29-18)17-6-4-3-5-7-17/h3-10,18,22H,2,11-13H2,1H3,(H,24,25). The second-order valence-electron chi connectivity index (χ2n) is 6.51. The fraction of sp³-hybridized carbons (Fsp3) is 0.238. The smallest absolute Gasteiger partial charge is 0.414 e. The number of benzene rings is 2. The summed E-state index contributed by atoms with van der Waals surface area (Å²) >= 11 is 0. The number of anilines is 1. The number of hydrogen-bond acceptors (Lipinski definition) is 6. The van der Waals surface area contributed by atoms with Crippen molar-refractivity contribution in [2.24, 2.45) is 0 Å². The van der Waals surface area contributed by atoms with Gasteiger partial charge in [-0.1, -0.05) is 24.8 Å². The van der Waals surface area contributed by atoms with Gasteiger partial charge in [0.05, 0.1) is 12.2 Å². The SMILES string of the molecule is C=C(NOCC1CN(c2ccccc2)C(=O)O1)c1ccc(OCC(=O)O)c(C)c1. The molecule has 29 heavy (non-hydrogen) atoms. The van der Waals surface area contributed by atoms with Gasteiger partial charge in [-0.05, 0) is 48.4 Å². The molecule has 2 aromatic rings. The largest absolute Gasteiger partial charge is 0.482 e. The number of amides is 1. The van der Waals surface area contributed by atoms with Gasteiger partial charge in [0, 0.05) is 5.69 Å². The van der Waals surface area contributed by atoms with Crippen LogP contribution in [-0.2, 0) is 14.4 Å². The van der Waals surface area contributed by atoms with Crippen LogP contribution in [0.1, 0.15) is 11.1 Å². The molecule has 0 aromatic heterocycles. The fourth-order valence-corrected chi connectivity index (χ4v) is 2.85. The van der Waals surface area contributed by atoms with E-state index >= 15 is 0 Å². The number of aliphatic carboxylic acids is 1. The van der Waals surface area contributed by atoms with E-state index in [-0.39, 0.29) is 6.61 Å². The van der Waals surface area contributed by atoms with Gasteiger partial charge in [-0.2, -0.15) is 0 Å². The van der Waals surface area contributed by atoms with Gasteiger partial charge in [0.25, 0.3) is 0 Å². The lowest BCUT2D eigenvalue weighted by atomic mass is 10.1. The number of nitrogens with zero attached hydrogens (tertiary/aromatic N) is 1. The van der Waals surface area contributed by atoms with Gasteiger partial charge in [-0.25, -0.2) is 9.59 Å². The Kier molecular flexibility index (Phi) is 6.36. The molecule has 1 aliphatic heterocycles. The zero-order valence-electron chi connectivity index (χ0n) is 16.0. The van der Waals surface area contributed by atoms with Gasteiger partial charge in [-0.3, -0.25) is 15.2 Å². The third kappa shape index (κ3) is 5.26. The molecule has 1 atom stereocenters. The fourth-order valence-electron chi connectivity index (χ4n) is 2.85. The number of carboxylic acids is 1. The molecule has 1 heterocycles. The summed E-state index contributed by atoms with van der Waals surface area (Å²) in [5.74, 6) is -0.546. The van der Waals surface area contributed by atoms with Gasteiger partial charge in [-0.15, -0.1) is 0 Å². The lowest BCUT2D eigenvalue weighted by molar-refractivity contribution is -0.139. The highest BCUT2D eigenvalue weighted by molar-refractivity contribution is 5.89. The lowest BCUT2D eigenvalue weighted by Crippen LogP contribution is -2.27. The molecule has 1 saturated heterocycles. The first kappa shape index (κ1) is 20.2.